The Morgan fingerprint density at radius 3 is 1.22 bits per heavy atom. The molecule has 0 heterocycles. The second-order valence-electron chi connectivity index (χ2n) is 12.4. The Morgan fingerprint density at radius 1 is 0.512 bits per heavy atom. The molecule has 242 valence electrons. The van der Waals surface area contributed by atoms with Crippen LogP contribution in [-0.4, -0.2) is 46.3 Å². The first-order valence-corrected chi connectivity index (χ1v) is 21.6. The first-order chi connectivity index (χ1) is 19.8. The number of carbonyl (C=O) groups excluding carboxylic acids is 2. The van der Waals surface area contributed by atoms with Crippen molar-refractivity contribution in [3.05, 3.63) is 12.2 Å². The quantitative estimate of drug-likeness (QED) is 0.0356. The van der Waals surface area contributed by atoms with E-state index >= 15 is 0 Å². The molecule has 0 bridgehead atoms. The van der Waals surface area contributed by atoms with Gasteiger partial charge in [0.1, 0.15) is 0 Å². The molecule has 2 radical (unpaired) electrons. The number of ether oxygens (including phenoxy) is 2. The van der Waals surface area contributed by atoms with Gasteiger partial charge in [0.2, 0.25) is 0 Å². The van der Waals surface area contributed by atoms with E-state index in [4.69, 9.17) is 9.47 Å². The zero-order chi connectivity index (χ0) is 30.8. The molecule has 0 aromatic carbocycles. The summed E-state index contributed by atoms with van der Waals surface area (Å²) < 4.78 is 13.4. The molecular formula is C36H70O4Sn. The van der Waals surface area contributed by atoms with Crippen LogP contribution in [0.3, 0.4) is 0 Å². The third-order valence-electron chi connectivity index (χ3n) is 7.11. The van der Waals surface area contributed by atoms with Crippen LogP contribution in [-0.2, 0) is 19.1 Å². The van der Waals surface area contributed by atoms with Crippen molar-refractivity contribution in [3.8, 4) is 0 Å². The van der Waals surface area contributed by atoms with Crippen molar-refractivity contribution in [2.75, 3.05) is 13.2 Å². The van der Waals surface area contributed by atoms with Crippen molar-refractivity contribution >= 4 is 33.1 Å². The van der Waals surface area contributed by atoms with Crippen molar-refractivity contribution in [2.45, 2.75) is 179 Å². The van der Waals surface area contributed by atoms with E-state index < -0.39 is 11.9 Å². The Labute approximate surface area is 267 Å². The monoisotopic (exact) mass is 686 g/mol. The maximum absolute atomic E-state index is 11.5. The summed E-state index contributed by atoms with van der Waals surface area (Å²) in [5.74, 6) is 0.480. The number of esters is 2. The van der Waals surface area contributed by atoms with E-state index in [0.29, 0.717) is 13.2 Å². The minimum absolute atomic E-state index is 0.0736. The number of unbranched alkanes of at least 4 members (excludes halogenated alkanes) is 14. The molecular weight excluding hydrogens is 615 g/mol. The van der Waals surface area contributed by atoms with E-state index in [9.17, 15) is 9.59 Å². The average molecular weight is 686 g/mol. The maximum atomic E-state index is 11.5. The van der Waals surface area contributed by atoms with Gasteiger partial charge in [0.25, 0.3) is 0 Å². The van der Waals surface area contributed by atoms with Gasteiger partial charge in [0.05, 0.1) is 13.2 Å². The van der Waals surface area contributed by atoms with Crippen LogP contribution in [0.5, 0.6) is 0 Å². The Bertz CT molecular complexity index is 526. The van der Waals surface area contributed by atoms with Crippen LogP contribution >= 0.6 is 0 Å². The van der Waals surface area contributed by atoms with Crippen molar-refractivity contribution in [1.82, 2.24) is 0 Å². The number of hydrogen-bond donors (Lipinski definition) is 0. The fourth-order valence-electron chi connectivity index (χ4n) is 4.43. The summed E-state index contributed by atoms with van der Waals surface area (Å²) in [5, 5.41) is 0. The average Bonchev–Trinajstić information content (AvgIpc) is 2.94. The molecule has 41 heavy (non-hydrogen) atoms. The van der Waals surface area contributed by atoms with E-state index in [2.05, 4.69) is 41.5 Å². The minimum atomic E-state index is -0.479. The second-order valence-corrected chi connectivity index (χ2v) is 16.7. The molecule has 0 aromatic rings. The summed E-state index contributed by atoms with van der Waals surface area (Å²) in [7, 11) is 0. The molecule has 0 unspecified atom stereocenters. The number of carbonyl (C=O) groups is 2. The van der Waals surface area contributed by atoms with E-state index in [-0.39, 0.29) is 21.1 Å². The number of hydrogen-bond acceptors (Lipinski definition) is 4. The topological polar surface area (TPSA) is 52.6 Å². The van der Waals surface area contributed by atoms with Crippen LogP contribution in [0.2, 0.25) is 8.87 Å². The molecule has 0 amide bonds. The van der Waals surface area contributed by atoms with Gasteiger partial charge in [0.15, 0.2) is 0 Å². The van der Waals surface area contributed by atoms with Crippen LogP contribution < -0.4 is 0 Å². The van der Waals surface area contributed by atoms with Crippen LogP contribution in [0.15, 0.2) is 12.2 Å². The van der Waals surface area contributed by atoms with Gasteiger partial charge in [-0.3, -0.25) is 0 Å². The molecule has 0 aliphatic heterocycles. The molecule has 0 aliphatic rings. The predicted molar refractivity (Wildman–Crippen MR) is 180 cm³/mol. The first-order valence-electron chi connectivity index (χ1n) is 17.6. The van der Waals surface area contributed by atoms with Gasteiger partial charge in [-0.2, -0.15) is 0 Å². The Hall–Kier alpha value is -0.521. The zero-order valence-corrected chi connectivity index (χ0v) is 31.3. The first kappa shape index (κ1) is 42.6. The zero-order valence-electron chi connectivity index (χ0n) is 28.4. The van der Waals surface area contributed by atoms with Gasteiger partial charge in [0, 0.05) is 12.2 Å². The van der Waals surface area contributed by atoms with Gasteiger partial charge < -0.3 is 9.47 Å². The summed E-state index contributed by atoms with van der Waals surface area (Å²) in [5.41, 5.74) is 0. The normalized spacial score (nSPS) is 11.2. The third kappa shape index (κ3) is 41.7. The van der Waals surface area contributed by atoms with E-state index in [1.54, 1.807) is 21.7 Å². The van der Waals surface area contributed by atoms with Gasteiger partial charge in [-0.1, -0.05) is 66.2 Å². The molecule has 0 aliphatic carbocycles. The third-order valence-corrected chi connectivity index (χ3v) is 11.1. The molecule has 4 nitrogen and oxygen atoms in total. The van der Waals surface area contributed by atoms with Gasteiger partial charge in [-0.25, -0.2) is 9.59 Å². The molecule has 0 fully saturated rings. The van der Waals surface area contributed by atoms with Gasteiger partial charge in [-0.05, 0) is 24.7 Å². The Balaban J connectivity index is 0. The van der Waals surface area contributed by atoms with Crippen molar-refractivity contribution in [1.29, 1.82) is 0 Å². The van der Waals surface area contributed by atoms with Gasteiger partial charge in [-0.15, -0.1) is 0 Å². The Morgan fingerprint density at radius 2 is 0.854 bits per heavy atom. The molecule has 5 heteroatoms. The molecule has 0 rings (SSSR count). The van der Waals surface area contributed by atoms with Crippen LogP contribution in [0.4, 0.5) is 0 Å². The molecule has 0 aromatic heterocycles. The summed E-state index contributed by atoms with van der Waals surface area (Å²) in [4.78, 5) is 22.9. The number of rotatable bonds is 28. The fraction of sp³-hybridized carbons (Fsp3) is 0.889. The van der Waals surface area contributed by atoms with Crippen molar-refractivity contribution in [3.63, 3.8) is 0 Å². The summed E-state index contributed by atoms with van der Waals surface area (Å²) in [6, 6.07) is 0. The van der Waals surface area contributed by atoms with Crippen molar-refractivity contribution < 1.29 is 19.1 Å². The van der Waals surface area contributed by atoms with Crippen molar-refractivity contribution in [2.24, 2.45) is 11.8 Å². The molecule has 0 spiro atoms. The summed E-state index contributed by atoms with van der Waals surface area (Å²) in [6.45, 7) is 14.2. The van der Waals surface area contributed by atoms with Crippen LogP contribution in [0.1, 0.15) is 170 Å². The molecule has 0 saturated carbocycles. The molecule has 0 atom stereocenters. The summed E-state index contributed by atoms with van der Waals surface area (Å²) >= 11 is 0.0736. The van der Waals surface area contributed by atoms with E-state index in [1.807, 2.05) is 0 Å². The standard InChI is InChI=1S/C20H36O4.2C8H17.Sn/c1-17(2)11-7-5-9-15-23-19(21)13-14-20(22)24-16-10-6-8-12-18(3)4;2*1-3-5-7-8-6-4-2;/h13-14,17-18H,5-12,15-16H2,1-4H3;2*1,3-8H2,2H3;/b14-13-;;;. The predicted octanol–water partition coefficient (Wildman–Crippen LogP) is 11.3. The second kappa shape index (κ2) is 35.7. The van der Waals surface area contributed by atoms with Gasteiger partial charge >= 0.3 is 133 Å². The molecule has 0 saturated heterocycles. The molecule has 0 N–H and O–H groups in total. The van der Waals surface area contributed by atoms with Crippen LogP contribution in [0, 0.1) is 11.8 Å². The van der Waals surface area contributed by atoms with E-state index in [0.717, 1.165) is 62.5 Å². The summed E-state index contributed by atoms with van der Waals surface area (Å²) in [6.07, 6.45) is 28.7. The van der Waals surface area contributed by atoms with E-state index in [1.165, 1.54) is 77.0 Å². The van der Waals surface area contributed by atoms with Crippen LogP contribution in [0.25, 0.3) is 0 Å². The fourth-order valence-corrected chi connectivity index (χ4v) is 7.99. The SMILES string of the molecule is CC(C)CCCCCOC(=O)/C=C\C(=O)OCCCCCC(C)C.CCCCCCC[CH2][Sn][CH2]CCCCCCC. The Kier molecular flexibility index (Phi) is 37.1.